The molecule has 0 aliphatic carbocycles. The Kier molecular flexibility index (Phi) is 17.4. The lowest BCUT2D eigenvalue weighted by atomic mass is 9.76. The van der Waals surface area contributed by atoms with Crippen molar-refractivity contribution in [3.63, 3.8) is 0 Å². The molecule has 3 aliphatic rings. The van der Waals surface area contributed by atoms with E-state index < -0.39 is 64.7 Å². The molecule has 0 radical (unpaired) electrons. The van der Waals surface area contributed by atoms with Crippen molar-refractivity contribution in [2.45, 2.75) is 73.0 Å². The molecule has 0 bridgehead atoms. The first-order valence-corrected chi connectivity index (χ1v) is 25.4. The van der Waals surface area contributed by atoms with Crippen LogP contribution < -0.4 is 4.90 Å². The maximum absolute atomic E-state index is 12.3. The maximum atomic E-state index is 12.3. The van der Waals surface area contributed by atoms with E-state index in [1.54, 1.807) is 37.5 Å². The minimum absolute atomic E-state index is 0.0160. The van der Waals surface area contributed by atoms with E-state index in [2.05, 4.69) is 0 Å². The van der Waals surface area contributed by atoms with Gasteiger partial charge in [-0.3, -0.25) is 23.2 Å². The van der Waals surface area contributed by atoms with Gasteiger partial charge in [0.1, 0.15) is 6.61 Å². The van der Waals surface area contributed by atoms with Gasteiger partial charge in [-0.15, -0.1) is 5.06 Å². The van der Waals surface area contributed by atoms with Gasteiger partial charge in [0.25, 0.3) is 42.2 Å². The van der Waals surface area contributed by atoms with Crippen molar-refractivity contribution in [1.82, 2.24) is 5.06 Å². The number of amides is 2. The summed E-state index contributed by atoms with van der Waals surface area (Å²) in [6.45, 7) is 5.33. The molecule has 0 spiro atoms. The summed E-state index contributed by atoms with van der Waals surface area (Å²) in [4.78, 5) is 41.7. The Morgan fingerprint density at radius 3 is 2.00 bits per heavy atom. The van der Waals surface area contributed by atoms with Gasteiger partial charge >= 0.3 is 5.97 Å². The minimum Gasteiger partial charge on any atom is -0.385 e. The van der Waals surface area contributed by atoms with Gasteiger partial charge in [0.05, 0.1) is 53.8 Å². The fraction of sp³-hybridized carbons (Fsp3) is 0.488. The average molecular weight is 983 g/mol. The van der Waals surface area contributed by atoms with Crippen LogP contribution in [0.15, 0.2) is 82.3 Å². The molecule has 1 saturated heterocycles. The highest BCUT2D eigenvalue weighted by Gasteiger charge is 2.48. The van der Waals surface area contributed by atoms with E-state index in [1.807, 2.05) is 35.5 Å². The van der Waals surface area contributed by atoms with Crippen molar-refractivity contribution in [1.29, 1.82) is 0 Å². The normalized spacial score (nSPS) is 20.7. The van der Waals surface area contributed by atoms with Crippen molar-refractivity contribution in [3.8, 4) is 0 Å². The Balaban J connectivity index is 1.39. The molecule has 362 valence electrons. The Bertz CT molecular complexity index is 2610. The van der Waals surface area contributed by atoms with Crippen molar-refractivity contribution in [2.24, 2.45) is 0 Å². The fourth-order valence-electron chi connectivity index (χ4n) is 8.29. The number of anilines is 1. The van der Waals surface area contributed by atoms with Crippen molar-refractivity contribution in [2.75, 3.05) is 77.6 Å². The van der Waals surface area contributed by atoms with Crippen LogP contribution in [-0.4, -0.2) is 145 Å². The van der Waals surface area contributed by atoms with Gasteiger partial charge in [-0.25, -0.2) is 4.79 Å². The van der Waals surface area contributed by atoms with Crippen LogP contribution in [0.5, 0.6) is 0 Å². The predicted molar refractivity (Wildman–Crippen MR) is 238 cm³/mol. The number of imide groups is 1. The van der Waals surface area contributed by atoms with Crippen LogP contribution in [0.2, 0.25) is 0 Å². The number of nitrogens with zero attached hydrogens (tertiary/aromatic N) is 3. The third-order valence-electron chi connectivity index (χ3n) is 11.6. The lowest BCUT2D eigenvalue weighted by molar-refractivity contribution is -0.441. The Labute approximate surface area is 384 Å². The number of allylic oxidation sites excluding steroid dienone is 6. The molecule has 2 amide bonds. The van der Waals surface area contributed by atoms with Crippen LogP contribution in [0.1, 0.15) is 63.5 Å². The first-order valence-electron chi connectivity index (χ1n) is 20.9. The number of hydrogen-bond donors (Lipinski definition) is 3. The molecule has 2 aromatic carbocycles. The monoisotopic (exact) mass is 982 g/mol. The number of fused-ring (bicyclic) bond motifs is 2. The summed E-state index contributed by atoms with van der Waals surface area (Å²) < 4.78 is 126. The van der Waals surface area contributed by atoms with Crippen LogP contribution in [-0.2, 0) is 79.4 Å². The smallest absolute Gasteiger partial charge is 0.335 e. The zero-order chi connectivity index (χ0) is 48.5. The fourth-order valence-corrected chi connectivity index (χ4v) is 9.81. The summed E-state index contributed by atoms with van der Waals surface area (Å²) in [7, 11) is -10.4. The van der Waals surface area contributed by atoms with Gasteiger partial charge in [-0.2, -0.15) is 29.8 Å². The van der Waals surface area contributed by atoms with Crippen molar-refractivity contribution >= 4 is 65.2 Å². The highest BCUT2D eigenvalue weighted by molar-refractivity contribution is 7.86. The number of carbonyl (C=O) groups excluding carboxylic acids is 3. The van der Waals surface area contributed by atoms with E-state index in [0.717, 1.165) is 5.70 Å². The molecule has 3 heterocycles. The van der Waals surface area contributed by atoms with E-state index in [1.165, 1.54) is 31.4 Å². The highest BCUT2D eigenvalue weighted by Crippen LogP contribution is 2.51. The second-order valence-electron chi connectivity index (χ2n) is 16.1. The largest absolute Gasteiger partial charge is 0.385 e. The summed E-state index contributed by atoms with van der Waals surface area (Å²) in [6.07, 6.45) is 9.35. The van der Waals surface area contributed by atoms with Crippen LogP contribution in [0.3, 0.4) is 0 Å². The number of hydrogen-bond acceptors (Lipinski definition) is 15. The summed E-state index contributed by atoms with van der Waals surface area (Å²) in [5.41, 5.74) is 2.03. The molecule has 0 saturated carbocycles. The Hall–Kier alpha value is -4.69. The molecule has 1 fully saturated rings. The molecular weight excluding hydrogens is 927 g/mol. The van der Waals surface area contributed by atoms with Gasteiger partial charge in [0, 0.05) is 74.7 Å². The van der Waals surface area contributed by atoms with Gasteiger partial charge in [-0.1, -0.05) is 18.2 Å². The van der Waals surface area contributed by atoms with Crippen molar-refractivity contribution < 1.29 is 81.7 Å². The third kappa shape index (κ3) is 12.6. The van der Waals surface area contributed by atoms with Crippen LogP contribution in [0, 0.1) is 0 Å². The molecule has 66 heavy (non-hydrogen) atoms. The van der Waals surface area contributed by atoms with E-state index in [4.69, 9.17) is 23.8 Å². The van der Waals surface area contributed by atoms with E-state index in [0.29, 0.717) is 59.4 Å². The second kappa shape index (κ2) is 22.0. The van der Waals surface area contributed by atoms with E-state index in [9.17, 15) is 53.3 Å². The van der Waals surface area contributed by atoms with Gasteiger partial charge in [0.15, 0.2) is 12.3 Å². The van der Waals surface area contributed by atoms with Crippen LogP contribution >= 0.6 is 0 Å². The molecule has 0 aromatic heterocycles. The standard InChI is InChI=1S/C43H55N3O17S3/c1-42(18-8-28-64(50,51)52)33-29-31(65(53,54)55)11-13-35(33)44(20-24-60-4)37(42)9-6-5-7-10-38-43(2,19-23-59-3)34-30-32(66(56,57)58)12-14-36(34)45(38)21-25-62-27-26-61-22-17-41(49)63-46-39(47)15-16-40(46)48/h5-7,9-14,29-30H,8,15-28H2,1-4H3,(H2-,50,51,52,53,54,55,56,57,58)/p+1. The van der Waals surface area contributed by atoms with E-state index in [-0.39, 0.29) is 74.9 Å². The Morgan fingerprint density at radius 2 is 1.38 bits per heavy atom. The molecule has 2 aromatic rings. The Morgan fingerprint density at radius 1 is 0.758 bits per heavy atom. The number of hydroxylamine groups is 2. The number of methoxy groups -OCH3 is 2. The molecule has 20 nitrogen and oxygen atoms in total. The van der Waals surface area contributed by atoms with Crippen LogP contribution in [0.4, 0.5) is 11.4 Å². The molecule has 3 N–H and O–H groups in total. The molecule has 5 rings (SSSR count). The van der Waals surface area contributed by atoms with Crippen LogP contribution in [0.25, 0.3) is 0 Å². The van der Waals surface area contributed by atoms with E-state index >= 15 is 0 Å². The average Bonchev–Trinajstić information content (AvgIpc) is 3.77. The molecule has 2 atom stereocenters. The maximum Gasteiger partial charge on any atom is 0.335 e. The third-order valence-corrected chi connectivity index (χ3v) is 14.1. The van der Waals surface area contributed by atoms with Gasteiger partial charge in [0.2, 0.25) is 5.69 Å². The summed E-state index contributed by atoms with van der Waals surface area (Å²) in [6, 6.07) is 8.57. The summed E-state index contributed by atoms with van der Waals surface area (Å²) >= 11 is 0. The molecule has 2 unspecified atom stereocenters. The SMILES string of the molecule is COCC[N+]1=C(/C=C/C=C/C=C2/N(CCOCCOCCC(=O)ON3C(=O)CCC3=O)c3ccc(S(=O)(=O)O)cc3C2(C)CCOC)C(C)(CCCS(=O)(=O)O)c2cc(S(=O)(=O)O)ccc21. The lowest BCUT2D eigenvalue weighted by Crippen LogP contribution is -2.32. The first-order chi connectivity index (χ1) is 31.0. The molecular formula is C43H56N3O17S3+. The summed E-state index contributed by atoms with van der Waals surface area (Å²) in [5, 5.41) is 0.471. The lowest BCUT2D eigenvalue weighted by Gasteiger charge is -2.30. The van der Waals surface area contributed by atoms with Gasteiger partial charge < -0.3 is 28.7 Å². The summed E-state index contributed by atoms with van der Waals surface area (Å²) in [5.74, 6) is -2.48. The zero-order valence-corrected chi connectivity index (χ0v) is 39.5. The molecule has 23 heteroatoms. The topological polar surface area (TPSA) is 270 Å². The number of carbonyl (C=O) groups is 3. The highest BCUT2D eigenvalue weighted by atomic mass is 32.2. The quantitative estimate of drug-likeness (QED) is 0.0421. The number of ether oxygens (including phenoxy) is 4. The number of benzene rings is 2. The van der Waals surface area contributed by atoms with Crippen molar-refractivity contribution in [3.05, 3.63) is 83.6 Å². The number of rotatable bonds is 25. The first kappa shape index (κ1) is 52.3. The predicted octanol–water partition coefficient (Wildman–Crippen LogP) is 3.69. The zero-order valence-electron chi connectivity index (χ0n) is 37.1. The molecule has 3 aliphatic heterocycles. The van der Waals surface area contributed by atoms with Gasteiger partial charge in [-0.05, 0) is 75.1 Å². The second-order valence-corrected chi connectivity index (χ2v) is 20.5. The minimum atomic E-state index is -4.60.